The second kappa shape index (κ2) is 9.99. The van der Waals surface area contributed by atoms with Gasteiger partial charge in [0.1, 0.15) is 10.5 Å². The predicted molar refractivity (Wildman–Crippen MR) is 121 cm³/mol. The Kier molecular flexibility index (Phi) is 7.80. The van der Waals surface area contributed by atoms with Crippen molar-refractivity contribution in [1.29, 1.82) is 0 Å². The standard InChI is InChI=1S/C22H38O9S2/c1-3-21(13-27-14-21)19(11-17-7-5-9-29-17)32(23,24)31-33(25,26)20(12-18-8-6-10-30-18)22(4-2)15-28-16-22/h17-20H,3-16H2,1-2H3. The van der Waals surface area contributed by atoms with Gasteiger partial charge in [-0.3, -0.25) is 0 Å². The molecule has 4 aliphatic rings. The molecule has 4 aliphatic heterocycles. The molecule has 33 heavy (non-hydrogen) atoms. The van der Waals surface area contributed by atoms with E-state index < -0.39 is 41.6 Å². The minimum absolute atomic E-state index is 0.216. The number of hydrogen-bond acceptors (Lipinski definition) is 9. The molecule has 0 bridgehead atoms. The van der Waals surface area contributed by atoms with Gasteiger partial charge in [0.25, 0.3) is 20.2 Å². The third kappa shape index (κ3) is 5.15. The van der Waals surface area contributed by atoms with Crippen LogP contribution >= 0.6 is 0 Å². The summed E-state index contributed by atoms with van der Waals surface area (Å²) in [6.45, 7) is 6.10. The van der Waals surface area contributed by atoms with Crippen molar-refractivity contribution in [2.24, 2.45) is 10.8 Å². The number of rotatable bonds is 12. The van der Waals surface area contributed by atoms with Gasteiger partial charge in [0.15, 0.2) is 0 Å². The highest BCUT2D eigenvalue weighted by molar-refractivity contribution is 8.00. The van der Waals surface area contributed by atoms with Crippen LogP contribution in [-0.2, 0) is 42.8 Å². The zero-order valence-corrected chi connectivity index (χ0v) is 21.3. The van der Waals surface area contributed by atoms with Crippen molar-refractivity contribution in [3.05, 3.63) is 0 Å². The molecule has 0 saturated carbocycles. The van der Waals surface area contributed by atoms with Crippen molar-refractivity contribution in [1.82, 2.24) is 0 Å². The molecule has 192 valence electrons. The highest BCUT2D eigenvalue weighted by Gasteiger charge is 2.57. The van der Waals surface area contributed by atoms with Gasteiger partial charge in [-0.1, -0.05) is 13.8 Å². The summed E-state index contributed by atoms with van der Waals surface area (Å²) >= 11 is 0. The first kappa shape index (κ1) is 25.8. The molecule has 0 aromatic heterocycles. The van der Waals surface area contributed by atoms with Crippen LogP contribution in [0.1, 0.15) is 65.2 Å². The Balaban J connectivity index is 1.60. The fourth-order valence-electron chi connectivity index (χ4n) is 5.68. The van der Waals surface area contributed by atoms with Crippen molar-refractivity contribution in [2.75, 3.05) is 39.6 Å². The topological polar surface area (TPSA) is 114 Å². The van der Waals surface area contributed by atoms with E-state index in [1.165, 1.54) is 0 Å². The molecule has 4 rings (SSSR count). The first-order valence-corrected chi connectivity index (χ1v) is 15.2. The van der Waals surface area contributed by atoms with Gasteiger partial charge in [-0.25, -0.2) is 0 Å². The summed E-state index contributed by atoms with van der Waals surface area (Å²) in [6.07, 6.45) is 4.37. The highest BCUT2D eigenvalue weighted by atomic mass is 32.3. The van der Waals surface area contributed by atoms with Crippen LogP contribution in [0.4, 0.5) is 0 Å². The van der Waals surface area contributed by atoms with Crippen molar-refractivity contribution in [2.45, 2.75) is 87.9 Å². The minimum Gasteiger partial charge on any atom is -0.380 e. The fraction of sp³-hybridized carbons (Fsp3) is 1.00. The molecule has 4 fully saturated rings. The largest absolute Gasteiger partial charge is 0.380 e. The molecule has 0 radical (unpaired) electrons. The van der Waals surface area contributed by atoms with E-state index in [2.05, 4.69) is 0 Å². The third-order valence-corrected chi connectivity index (χ3v) is 12.5. The highest BCUT2D eigenvalue weighted by Crippen LogP contribution is 2.46. The van der Waals surface area contributed by atoms with Gasteiger partial charge in [0.2, 0.25) is 0 Å². The maximum Gasteiger partial charge on any atom is 0.285 e. The van der Waals surface area contributed by atoms with Gasteiger partial charge in [-0.05, 0) is 51.4 Å². The van der Waals surface area contributed by atoms with Gasteiger partial charge in [-0.2, -0.15) is 16.8 Å². The van der Waals surface area contributed by atoms with E-state index in [-0.39, 0.29) is 51.5 Å². The number of hydrogen-bond donors (Lipinski definition) is 0. The minimum atomic E-state index is -4.46. The van der Waals surface area contributed by atoms with Crippen LogP contribution in [-0.4, -0.2) is 79.2 Å². The summed E-state index contributed by atoms with van der Waals surface area (Å²) < 4.78 is 81.9. The van der Waals surface area contributed by atoms with Crippen LogP contribution < -0.4 is 0 Å². The molecule has 0 N–H and O–H groups in total. The van der Waals surface area contributed by atoms with Crippen molar-refractivity contribution in [3.63, 3.8) is 0 Å². The molecule has 0 aliphatic carbocycles. The van der Waals surface area contributed by atoms with E-state index in [0.29, 0.717) is 26.1 Å². The Morgan fingerprint density at radius 1 is 0.758 bits per heavy atom. The van der Waals surface area contributed by atoms with Crippen LogP contribution in [0.2, 0.25) is 0 Å². The molecular weight excluding hydrogens is 472 g/mol. The smallest absolute Gasteiger partial charge is 0.285 e. The Bertz CT molecular complexity index is 783. The van der Waals surface area contributed by atoms with Gasteiger partial charge in [0.05, 0.1) is 38.6 Å². The third-order valence-electron chi connectivity index (χ3n) is 8.22. The molecule has 4 heterocycles. The lowest BCUT2D eigenvalue weighted by Gasteiger charge is -2.47. The van der Waals surface area contributed by atoms with Crippen LogP contribution in [0, 0.1) is 10.8 Å². The van der Waals surface area contributed by atoms with Gasteiger partial charge < -0.3 is 18.9 Å². The van der Waals surface area contributed by atoms with Gasteiger partial charge in [-0.15, -0.1) is 3.63 Å². The number of ether oxygens (including phenoxy) is 4. The zero-order valence-electron chi connectivity index (χ0n) is 19.7. The molecule has 4 unspecified atom stereocenters. The summed E-state index contributed by atoms with van der Waals surface area (Å²) in [5.41, 5.74) is -1.32. The van der Waals surface area contributed by atoms with E-state index in [1.807, 2.05) is 13.8 Å². The van der Waals surface area contributed by atoms with E-state index in [1.54, 1.807) is 0 Å². The van der Waals surface area contributed by atoms with Gasteiger partial charge >= 0.3 is 0 Å². The van der Waals surface area contributed by atoms with Gasteiger partial charge in [0, 0.05) is 24.0 Å². The molecule has 0 spiro atoms. The Hall–Kier alpha value is -0.300. The van der Waals surface area contributed by atoms with E-state index in [9.17, 15) is 16.8 Å². The summed E-state index contributed by atoms with van der Waals surface area (Å²) in [6, 6.07) is 0. The Morgan fingerprint density at radius 2 is 1.15 bits per heavy atom. The average Bonchev–Trinajstić information content (AvgIpc) is 3.39. The van der Waals surface area contributed by atoms with E-state index >= 15 is 0 Å². The fourth-order valence-corrected chi connectivity index (χ4v) is 10.2. The Labute approximate surface area is 198 Å². The average molecular weight is 511 g/mol. The normalized spacial score (nSPS) is 31.0. The molecule has 0 aromatic rings. The summed E-state index contributed by atoms with van der Waals surface area (Å²) in [5, 5.41) is -2.00. The molecule has 4 saturated heterocycles. The van der Waals surface area contributed by atoms with E-state index in [0.717, 1.165) is 25.7 Å². The lowest BCUT2D eigenvalue weighted by molar-refractivity contribution is -0.123. The van der Waals surface area contributed by atoms with Crippen LogP contribution in [0.15, 0.2) is 0 Å². The molecule has 9 nitrogen and oxygen atoms in total. The van der Waals surface area contributed by atoms with Crippen LogP contribution in [0.5, 0.6) is 0 Å². The molecule has 11 heteroatoms. The first-order chi connectivity index (χ1) is 15.7. The Morgan fingerprint density at radius 3 is 1.39 bits per heavy atom. The van der Waals surface area contributed by atoms with Crippen molar-refractivity contribution >= 4 is 20.2 Å². The molecule has 0 amide bonds. The SMILES string of the molecule is CCC1(C(CC2CCCO2)S(=O)(=O)OS(=O)(=O)C(CC2CCCO2)C2(CC)COC2)COC1. The predicted octanol–water partition coefficient (Wildman–Crippen LogP) is 2.39. The monoisotopic (exact) mass is 510 g/mol. The second-order valence-electron chi connectivity index (χ2n) is 10.2. The van der Waals surface area contributed by atoms with Crippen LogP contribution in [0.25, 0.3) is 0 Å². The van der Waals surface area contributed by atoms with Crippen molar-refractivity contribution in [3.8, 4) is 0 Å². The molecule has 0 aromatic carbocycles. The van der Waals surface area contributed by atoms with Crippen LogP contribution in [0.3, 0.4) is 0 Å². The summed E-state index contributed by atoms with van der Waals surface area (Å²) in [7, 11) is -8.92. The summed E-state index contributed by atoms with van der Waals surface area (Å²) in [4.78, 5) is 0. The second-order valence-corrected chi connectivity index (χ2v) is 13.8. The zero-order chi connectivity index (χ0) is 23.7. The first-order valence-electron chi connectivity index (χ1n) is 12.2. The lowest BCUT2D eigenvalue weighted by Crippen LogP contribution is -2.57. The molecular formula is C22H38O9S2. The maximum atomic E-state index is 13.6. The quantitative estimate of drug-likeness (QED) is 0.390. The summed E-state index contributed by atoms with van der Waals surface area (Å²) in [5.74, 6) is 0. The van der Waals surface area contributed by atoms with E-state index in [4.69, 9.17) is 22.6 Å². The lowest BCUT2D eigenvalue weighted by atomic mass is 9.77. The van der Waals surface area contributed by atoms with Crippen molar-refractivity contribution < 1.29 is 39.4 Å². The molecule has 4 atom stereocenters. The maximum absolute atomic E-state index is 13.6.